The first-order valence-corrected chi connectivity index (χ1v) is 11.9. The van der Waals surface area contributed by atoms with Crippen molar-refractivity contribution in [1.82, 2.24) is 46.2 Å². The first-order chi connectivity index (χ1) is 16.7. The fourth-order valence-corrected chi connectivity index (χ4v) is 4.81. The molecule has 0 aliphatic heterocycles. The van der Waals surface area contributed by atoms with Gasteiger partial charge in [0.25, 0.3) is 0 Å². The van der Waals surface area contributed by atoms with Gasteiger partial charge in [0.2, 0.25) is 11.6 Å². The number of anilines is 1. The average molecular weight is 473 g/mol. The molecule has 2 N–H and O–H groups in total. The molecule has 10 nitrogen and oxygen atoms in total. The Morgan fingerprint density at radius 2 is 1.59 bits per heavy atom. The van der Waals surface area contributed by atoms with E-state index in [1.54, 1.807) is 11.3 Å². The zero-order valence-electron chi connectivity index (χ0n) is 18.9. The highest BCUT2D eigenvalue weighted by Gasteiger charge is 2.18. The van der Waals surface area contributed by atoms with Crippen molar-refractivity contribution in [2.24, 2.45) is 0 Å². The van der Waals surface area contributed by atoms with Crippen LogP contribution in [0.3, 0.4) is 0 Å². The highest BCUT2D eigenvalue weighted by molar-refractivity contribution is 7.19. The number of tetrazole rings is 2. The first-order valence-electron chi connectivity index (χ1n) is 11.1. The van der Waals surface area contributed by atoms with Crippen molar-refractivity contribution in [3.05, 3.63) is 59.8 Å². The molecular formula is C23H24N10S. The molecule has 0 saturated heterocycles. The third-order valence-electron chi connectivity index (χ3n) is 5.54. The van der Waals surface area contributed by atoms with Crippen LogP contribution in [0.4, 0.5) is 5.13 Å². The lowest BCUT2D eigenvalue weighted by Gasteiger charge is -2.22. The Labute approximate surface area is 200 Å². The van der Waals surface area contributed by atoms with E-state index in [4.69, 9.17) is 4.98 Å². The van der Waals surface area contributed by atoms with Crippen molar-refractivity contribution >= 4 is 16.5 Å². The van der Waals surface area contributed by atoms with E-state index in [-0.39, 0.29) is 0 Å². The van der Waals surface area contributed by atoms with Crippen LogP contribution in [-0.2, 0) is 6.54 Å². The molecule has 3 aromatic heterocycles. The van der Waals surface area contributed by atoms with Gasteiger partial charge < -0.3 is 4.90 Å². The molecule has 0 bridgehead atoms. The molecule has 0 spiro atoms. The zero-order valence-corrected chi connectivity index (χ0v) is 19.7. The number of benzene rings is 2. The number of hydrogen-bond acceptors (Lipinski definition) is 9. The smallest absolute Gasteiger partial charge is 0.216 e. The van der Waals surface area contributed by atoms with Crippen LogP contribution in [0, 0.1) is 6.92 Å². The third kappa shape index (κ3) is 4.55. The molecule has 0 atom stereocenters. The van der Waals surface area contributed by atoms with Crippen LogP contribution in [-0.4, -0.2) is 52.8 Å². The zero-order chi connectivity index (χ0) is 23.3. The van der Waals surface area contributed by atoms with Gasteiger partial charge in [-0.3, -0.25) is 0 Å². The van der Waals surface area contributed by atoms with Gasteiger partial charge in [0, 0.05) is 18.7 Å². The third-order valence-corrected chi connectivity index (χ3v) is 6.75. The van der Waals surface area contributed by atoms with Gasteiger partial charge in [-0.15, -0.1) is 20.4 Å². The number of nitrogens with zero attached hydrogens (tertiary/aromatic N) is 8. The standard InChI is InChI=1S/C23H24N10S/c1-3-4-13-33(23-24-15(2)20(34-23)22-27-31-32-28-22)14-16-9-11-17(12-10-16)18-7-5-6-8-19(18)21-25-29-30-26-21/h5-12H,3-4,13-14H2,1-2H3,(H,25,26,29,30)(H,27,28,31,32). The normalized spacial score (nSPS) is 11.1. The van der Waals surface area contributed by atoms with Gasteiger partial charge in [0.05, 0.1) is 5.69 Å². The van der Waals surface area contributed by atoms with E-state index in [0.717, 1.165) is 58.3 Å². The Morgan fingerprint density at radius 1 is 0.882 bits per heavy atom. The Hall–Kier alpha value is -3.99. The maximum Gasteiger partial charge on any atom is 0.216 e. The van der Waals surface area contributed by atoms with E-state index in [1.165, 1.54) is 5.56 Å². The lowest BCUT2D eigenvalue weighted by molar-refractivity contribution is 0.713. The average Bonchev–Trinajstić information content (AvgIpc) is 3.64. The minimum absolute atomic E-state index is 0.585. The van der Waals surface area contributed by atoms with E-state index in [9.17, 15) is 0 Å². The van der Waals surface area contributed by atoms with Crippen molar-refractivity contribution in [2.75, 3.05) is 11.4 Å². The molecule has 0 amide bonds. The molecule has 5 rings (SSSR count). The molecule has 0 fully saturated rings. The molecule has 5 aromatic rings. The van der Waals surface area contributed by atoms with Crippen LogP contribution >= 0.6 is 11.3 Å². The largest absolute Gasteiger partial charge is 0.344 e. The van der Waals surface area contributed by atoms with Crippen LogP contribution < -0.4 is 4.90 Å². The molecule has 0 unspecified atom stereocenters. The quantitative estimate of drug-likeness (QED) is 0.325. The van der Waals surface area contributed by atoms with E-state index in [1.807, 2.05) is 25.1 Å². The Balaban J connectivity index is 1.39. The first kappa shape index (κ1) is 21.8. The number of unbranched alkanes of at least 4 members (excludes halogenated alkanes) is 1. The summed E-state index contributed by atoms with van der Waals surface area (Å²) < 4.78 is 0. The van der Waals surface area contributed by atoms with Gasteiger partial charge in [-0.2, -0.15) is 10.4 Å². The maximum absolute atomic E-state index is 4.82. The van der Waals surface area contributed by atoms with E-state index >= 15 is 0 Å². The molecule has 172 valence electrons. The fraction of sp³-hybridized carbons (Fsp3) is 0.261. The number of hydrogen-bond donors (Lipinski definition) is 2. The van der Waals surface area contributed by atoms with E-state index in [0.29, 0.717) is 11.6 Å². The van der Waals surface area contributed by atoms with Crippen molar-refractivity contribution < 1.29 is 0 Å². The summed E-state index contributed by atoms with van der Waals surface area (Å²) >= 11 is 1.60. The summed E-state index contributed by atoms with van der Waals surface area (Å²) in [6, 6.07) is 16.7. The van der Waals surface area contributed by atoms with Crippen LogP contribution in [0.2, 0.25) is 0 Å². The minimum atomic E-state index is 0.585. The highest BCUT2D eigenvalue weighted by atomic mass is 32.1. The Morgan fingerprint density at radius 3 is 2.26 bits per heavy atom. The van der Waals surface area contributed by atoms with Gasteiger partial charge in [0.1, 0.15) is 4.88 Å². The summed E-state index contributed by atoms with van der Waals surface area (Å²) in [7, 11) is 0. The molecule has 0 radical (unpaired) electrons. The number of nitrogens with one attached hydrogen (secondary N) is 2. The van der Waals surface area contributed by atoms with Gasteiger partial charge >= 0.3 is 0 Å². The van der Waals surface area contributed by atoms with E-state index in [2.05, 4.69) is 83.4 Å². The molecule has 34 heavy (non-hydrogen) atoms. The molecule has 0 saturated carbocycles. The summed E-state index contributed by atoms with van der Waals surface area (Å²) in [5, 5.41) is 29.9. The Kier molecular flexibility index (Phi) is 6.34. The predicted octanol–water partition coefficient (Wildman–Crippen LogP) is 4.29. The molecule has 0 aliphatic rings. The molecule has 3 heterocycles. The number of H-pyrrole nitrogens is 2. The number of thiazole rings is 1. The summed E-state index contributed by atoms with van der Waals surface area (Å²) in [4.78, 5) is 8.09. The topological polar surface area (TPSA) is 125 Å². The lowest BCUT2D eigenvalue weighted by Crippen LogP contribution is -2.23. The SMILES string of the molecule is CCCCN(Cc1ccc(-c2ccccc2-c2nn[nH]n2)cc1)c1nc(C)c(-c2nn[nH]n2)s1. The molecular weight excluding hydrogens is 448 g/mol. The predicted molar refractivity (Wildman–Crippen MR) is 131 cm³/mol. The van der Waals surface area contributed by atoms with Crippen LogP contribution in [0.1, 0.15) is 31.0 Å². The fourth-order valence-electron chi connectivity index (χ4n) is 3.79. The second-order valence-electron chi connectivity index (χ2n) is 7.90. The number of aromatic nitrogens is 9. The summed E-state index contributed by atoms with van der Waals surface area (Å²) in [6.45, 7) is 5.88. The maximum atomic E-state index is 4.82. The van der Waals surface area contributed by atoms with Gasteiger partial charge in [-0.25, -0.2) is 4.98 Å². The summed E-state index contributed by atoms with van der Waals surface area (Å²) in [5.41, 5.74) is 5.25. The van der Waals surface area contributed by atoms with E-state index < -0.39 is 0 Å². The summed E-state index contributed by atoms with van der Waals surface area (Å²) in [5.74, 6) is 1.17. The van der Waals surface area contributed by atoms with Crippen molar-refractivity contribution in [1.29, 1.82) is 0 Å². The Bertz CT molecular complexity index is 1330. The summed E-state index contributed by atoms with van der Waals surface area (Å²) in [6.07, 6.45) is 2.21. The minimum Gasteiger partial charge on any atom is -0.344 e. The second-order valence-corrected chi connectivity index (χ2v) is 8.88. The van der Waals surface area contributed by atoms with Gasteiger partial charge in [-0.1, -0.05) is 73.2 Å². The van der Waals surface area contributed by atoms with Crippen LogP contribution in [0.5, 0.6) is 0 Å². The number of aryl methyl sites for hydroxylation is 1. The highest BCUT2D eigenvalue weighted by Crippen LogP contribution is 2.34. The monoisotopic (exact) mass is 472 g/mol. The lowest BCUT2D eigenvalue weighted by atomic mass is 9.98. The second kappa shape index (κ2) is 9.87. The van der Waals surface area contributed by atoms with Gasteiger partial charge in [-0.05, 0) is 40.5 Å². The molecule has 11 heteroatoms. The molecule has 2 aromatic carbocycles. The number of rotatable bonds is 9. The van der Waals surface area contributed by atoms with Crippen LogP contribution in [0.25, 0.3) is 33.2 Å². The molecule has 0 aliphatic carbocycles. The van der Waals surface area contributed by atoms with Crippen LogP contribution in [0.15, 0.2) is 48.5 Å². The van der Waals surface area contributed by atoms with Gasteiger partial charge in [0.15, 0.2) is 5.13 Å². The van der Waals surface area contributed by atoms with Crippen molar-refractivity contribution in [3.63, 3.8) is 0 Å². The number of aromatic amines is 2. The van der Waals surface area contributed by atoms with Crippen molar-refractivity contribution in [3.8, 4) is 33.2 Å². The van der Waals surface area contributed by atoms with Crippen molar-refractivity contribution in [2.45, 2.75) is 33.2 Å².